The molecule has 1 aliphatic rings. The first-order chi connectivity index (χ1) is 13.1. The Morgan fingerprint density at radius 2 is 2.07 bits per heavy atom. The zero-order valence-corrected chi connectivity index (χ0v) is 16.7. The van der Waals surface area contributed by atoms with Crippen molar-refractivity contribution < 1.29 is 9.59 Å². The number of thioether (sulfide) groups is 1. The number of carbonyl (C=O) groups is 2. The van der Waals surface area contributed by atoms with E-state index < -0.39 is 0 Å². The van der Waals surface area contributed by atoms with Gasteiger partial charge in [-0.1, -0.05) is 36.9 Å². The minimum Gasteiger partial charge on any atom is -0.350 e. The number of amides is 2. The summed E-state index contributed by atoms with van der Waals surface area (Å²) in [6.07, 6.45) is 6.09. The molecule has 27 heavy (non-hydrogen) atoms. The van der Waals surface area contributed by atoms with Gasteiger partial charge in [-0.05, 0) is 37.1 Å². The summed E-state index contributed by atoms with van der Waals surface area (Å²) in [6.45, 7) is 4.16. The molecule has 1 aliphatic heterocycles. The molecular weight excluding hydrogens is 360 g/mol. The summed E-state index contributed by atoms with van der Waals surface area (Å²) in [7, 11) is 0. The van der Waals surface area contributed by atoms with Gasteiger partial charge >= 0.3 is 0 Å². The second-order valence-corrected chi connectivity index (χ2v) is 7.67. The van der Waals surface area contributed by atoms with Crippen LogP contribution in [0.25, 0.3) is 5.69 Å². The summed E-state index contributed by atoms with van der Waals surface area (Å²) < 4.78 is 1.84. The molecule has 7 heteroatoms. The van der Waals surface area contributed by atoms with Gasteiger partial charge in [-0.15, -0.1) is 0 Å². The minimum absolute atomic E-state index is 0.114. The van der Waals surface area contributed by atoms with E-state index in [2.05, 4.69) is 17.2 Å². The number of imidazole rings is 1. The van der Waals surface area contributed by atoms with Crippen LogP contribution in [0.1, 0.15) is 36.7 Å². The molecule has 0 spiro atoms. The van der Waals surface area contributed by atoms with Crippen LogP contribution < -0.4 is 5.32 Å². The fraction of sp³-hybridized carbons (Fsp3) is 0.450. The SMILES string of the molecule is CSc1ncc(C(=O)NCCC(=O)N2CCCC(C)C2)n1-c1ccccc1. The van der Waals surface area contributed by atoms with Crippen LogP contribution in [0.3, 0.4) is 0 Å². The Hall–Kier alpha value is -2.28. The lowest BCUT2D eigenvalue weighted by Gasteiger charge is -2.31. The molecule has 1 aromatic carbocycles. The van der Waals surface area contributed by atoms with Crippen molar-refractivity contribution in [3.05, 3.63) is 42.2 Å². The van der Waals surface area contributed by atoms with Gasteiger partial charge in [0, 0.05) is 31.7 Å². The van der Waals surface area contributed by atoms with Crippen LogP contribution in [-0.4, -0.2) is 52.2 Å². The average molecular weight is 387 g/mol. The van der Waals surface area contributed by atoms with E-state index in [9.17, 15) is 9.59 Å². The van der Waals surface area contributed by atoms with E-state index in [1.54, 1.807) is 6.20 Å². The molecule has 6 nitrogen and oxygen atoms in total. The van der Waals surface area contributed by atoms with E-state index in [0.717, 1.165) is 30.4 Å². The predicted molar refractivity (Wildman–Crippen MR) is 107 cm³/mol. The van der Waals surface area contributed by atoms with Crippen molar-refractivity contribution in [1.29, 1.82) is 0 Å². The molecule has 0 saturated carbocycles. The van der Waals surface area contributed by atoms with Gasteiger partial charge in [0.2, 0.25) is 5.91 Å². The van der Waals surface area contributed by atoms with Crippen LogP contribution in [-0.2, 0) is 4.79 Å². The first-order valence-electron chi connectivity index (χ1n) is 9.33. The molecule has 1 aromatic heterocycles. The summed E-state index contributed by atoms with van der Waals surface area (Å²) in [5.41, 5.74) is 1.37. The van der Waals surface area contributed by atoms with Gasteiger partial charge in [-0.25, -0.2) is 4.98 Å². The maximum Gasteiger partial charge on any atom is 0.269 e. The smallest absolute Gasteiger partial charge is 0.269 e. The number of rotatable bonds is 6. The summed E-state index contributed by atoms with van der Waals surface area (Å²) in [6, 6.07) is 9.68. The third kappa shape index (κ3) is 4.71. The number of carbonyl (C=O) groups excluding carboxylic acids is 2. The van der Waals surface area contributed by atoms with Crippen molar-refractivity contribution in [2.45, 2.75) is 31.3 Å². The normalized spacial score (nSPS) is 17.0. The monoisotopic (exact) mass is 386 g/mol. The summed E-state index contributed by atoms with van der Waals surface area (Å²) in [4.78, 5) is 31.3. The number of nitrogens with one attached hydrogen (secondary N) is 1. The molecule has 2 aromatic rings. The fourth-order valence-corrected chi connectivity index (χ4v) is 3.96. The summed E-state index contributed by atoms with van der Waals surface area (Å²) >= 11 is 1.49. The Bertz CT molecular complexity index is 791. The lowest BCUT2D eigenvalue weighted by Crippen LogP contribution is -2.40. The van der Waals surface area contributed by atoms with E-state index >= 15 is 0 Å². The van der Waals surface area contributed by atoms with Crippen molar-refractivity contribution in [1.82, 2.24) is 19.8 Å². The molecule has 2 heterocycles. The van der Waals surface area contributed by atoms with E-state index in [0.29, 0.717) is 24.6 Å². The van der Waals surface area contributed by atoms with Gasteiger partial charge in [0.05, 0.1) is 6.20 Å². The zero-order chi connectivity index (χ0) is 19.2. The van der Waals surface area contributed by atoms with Crippen LogP contribution >= 0.6 is 11.8 Å². The zero-order valence-electron chi connectivity index (χ0n) is 15.9. The first kappa shape index (κ1) is 19.5. The minimum atomic E-state index is -0.216. The fourth-order valence-electron chi connectivity index (χ4n) is 3.41. The van der Waals surface area contributed by atoms with E-state index in [-0.39, 0.29) is 11.8 Å². The predicted octanol–water partition coefficient (Wildman–Crippen LogP) is 2.97. The average Bonchev–Trinajstić information content (AvgIpc) is 3.12. The van der Waals surface area contributed by atoms with Gasteiger partial charge in [0.15, 0.2) is 5.16 Å². The van der Waals surface area contributed by atoms with Crippen molar-refractivity contribution in [3.63, 3.8) is 0 Å². The van der Waals surface area contributed by atoms with Crippen LogP contribution in [0.4, 0.5) is 0 Å². The highest BCUT2D eigenvalue weighted by atomic mass is 32.2. The molecule has 1 fully saturated rings. The standard InChI is InChI=1S/C20H26N4O2S/c1-15-7-6-12-23(14-15)18(25)10-11-21-19(26)17-13-22-20(27-2)24(17)16-8-4-3-5-9-16/h3-5,8-9,13,15H,6-7,10-12,14H2,1-2H3,(H,21,26). The molecule has 144 valence electrons. The Kier molecular flexibility index (Phi) is 6.55. The topological polar surface area (TPSA) is 67.2 Å². The number of aromatic nitrogens is 2. The lowest BCUT2D eigenvalue weighted by atomic mass is 10.00. The van der Waals surface area contributed by atoms with E-state index in [4.69, 9.17) is 0 Å². The molecule has 1 N–H and O–H groups in total. The highest BCUT2D eigenvalue weighted by molar-refractivity contribution is 7.98. The van der Waals surface area contributed by atoms with Gasteiger partial charge in [0.25, 0.3) is 5.91 Å². The van der Waals surface area contributed by atoms with Crippen LogP contribution in [0.15, 0.2) is 41.7 Å². The number of nitrogens with zero attached hydrogens (tertiary/aromatic N) is 3. The highest BCUT2D eigenvalue weighted by Crippen LogP contribution is 2.21. The maximum absolute atomic E-state index is 12.7. The van der Waals surface area contributed by atoms with Crippen LogP contribution in [0.2, 0.25) is 0 Å². The second kappa shape index (κ2) is 9.08. The Morgan fingerprint density at radius 1 is 1.30 bits per heavy atom. The molecule has 1 saturated heterocycles. The number of likely N-dealkylation sites (tertiary alicyclic amines) is 1. The molecular formula is C20H26N4O2S. The molecule has 0 aliphatic carbocycles. The molecule has 0 radical (unpaired) electrons. The van der Waals surface area contributed by atoms with Crippen molar-refractivity contribution in [3.8, 4) is 5.69 Å². The molecule has 1 unspecified atom stereocenters. The Labute approximate surface area is 164 Å². The Balaban J connectivity index is 1.62. The first-order valence-corrected chi connectivity index (χ1v) is 10.6. The largest absolute Gasteiger partial charge is 0.350 e. The molecule has 0 bridgehead atoms. The third-order valence-electron chi connectivity index (χ3n) is 4.79. The number of benzene rings is 1. The maximum atomic E-state index is 12.7. The summed E-state index contributed by atoms with van der Waals surface area (Å²) in [5, 5.41) is 3.63. The second-order valence-electron chi connectivity index (χ2n) is 6.89. The number of hydrogen-bond acceptors (Lipinski definition) is 4. The Morgan fingerprint density at radius 3 is 2.78 bits per heavy atom. The van der Waals surface area contributed by atoms with Gasteiger partial charge < -0.3 is 10.2 Å². The van der Waals surface area contributed by atoms with E-state index in [1.165, 1.54) is 18.2 Å². The van der Waals surface area contributed by atoms with E-state index in [1.807, 2.05) is 46.1 Å². The van der Waals surface area contributed by atoms with Gasteiger partial charge in [0.1, 0.15) is 5.69 Å². The quantitative estimate of drug-likeness (QED) is 0.775. The van der Waals surface area contributed by atoms with Crippen molar-refractivity contribution in [2.75, 3.05) is 25.9 Å². The van der Waals surface area contributed by atoms with Crippen molar-refractivity contribution >= 4 is 23.6 Å². The van der Waals surface area contributed by atoms with Gasteiger partial charge in [-0.2, -0.15) is 0 Å². The molecule has 1 atom stereocenters. The molecule has 3 rings (SSSR count). The van der Waals surface area contributed by atoms with Crippen LogP contribution in [0.5, 0.6) is 0 Å². The van der Waals surface area contributed by atoms with Crippen LogP contribution in [0, 0.1) is 5.92 Å². The third-order valence-corrected chi connectivity index (χ3v) is 5.45. The lowest BCUT2D eigenvalue weighted by molar-refractivity contribution is -0.132. The van der Waals surface area contributed by atoms with Gasteiger partial charge in [-0.3, -0.25) is 14.2 Å². The molecule has 2 amide bonds. The number of piperidine rings is 1. The summed E-state index contributed by atoms with van der Waals surface area (Å²) in [5.74, 6) is 0.456. The van der Waals surface area contributed by atoms with Crippen molar-refractivity contribution in [2.24, 2.45) is 5.92 Å². The number of para-hydroxylation sites is 1. The highest BCUT2D eigenvalue weighted by Gasteiger charge is 2.21. The number of hydrogen-bond donors (Lipinski definition) is 1.